The number of nitrogens with zero attached hydrogens (tertiary/aromatic N) is 2. The number of carbonyl (C=O) groups excluding carboxylic acids is 2. The van der Waals surface area contributed by atoms with Gasteiger partial charge in [-0.2, -0.15) is 11.3 Å². The molecule has 1 amide bonds. The fourth-order valence-corrected chi connectivity index (χ4v) is 6.33. The van der Waals surface area contributed by atoms with Crippen LogP contribution in [0.2, 0.25) is 0 Å². The van der Waals surface area contributed by atoms with Crippen molar-refractivity contribution in [3.05, 3.63) is 117 Å². The molecule has 0 aliphatic carbocycles. The van der Waals surface area contributed by atoms with Crippen LogP contribution in [-0.4, -0.2) is 29.1 Å². The number of thiophene rings is 1. The largest absolute Gasteiger partial charge is 0.466 e. The summed E-state index contributed by atoms with van der Waals surface area (Å²) in [5, 5.41) is 9.97. The number of esters is 1. The van der Waals surface area contributed by atoms with Crippen LogP contribution in [0.1, 0.15) is 42.1 Å². The number of thioether (sulfide) groups is 1. The third-order valence-corrected chi connectivity index (χ3v) is 8.02. The van der Waals surface area contributed by atoms with Crippen molar-refractivity contribution in [1.82, 2.24) is 10.2 Å². The molecule has 5 rings (SSSR count). The Balaban J connectivity index is 1.39. The molecule has 0 saturated carbocycles. The minimum atomic E-state index is -0.413. The third-order valence-electron chi connectivity index (χ3n) is 6.43. The zero-order chi connectivity index (χ0) is 25.8. The molecular weight excluding hydrogens is 502 g/mol. The summed E-state index contributed by atoms with van der Waals surface area (Å²) in [4.78, 5) is 32.9. The molecule has 0 radical (unpaired) electrons. The molecule has 2 atom stereocenters. The predicted molar refractivity (Wildman–Crippen MR) is 149 cm³/mol. The lowest BCUT2D eigenvalue weighted by molar-refractivity contribution is -0.136. The highest BCUT2D eigenvalue weighted by Crippen LogP contribution is 2.45. The van der Waals surface area contributed by atoms with Gasteiger partial charge in [0.25, 0.3) is 0 Å². The van der Waals surface area contributed by atoms with Crippen LogP contribution in [0.4, 0.5) is 0 Å². The highest BCUT2D eigenvalue weighted by atomic mass is 32.2. The van der Waals surface area contributed by atoms with Gasteiger partial charge in [-0.05, 0) is 52.3 Å². The first-order valence-corrected chi connectivity index (χ1v) is 13.8. The molecule has 6 nitrogen and oxygen atoms in total. The molecule has 2 aliphatic heterocycles. The van der Waals surface area contributed by atoms with Gasteiger partial charge in [0.05, 0.1) is 36.9 Å². The summed E-state index contributed by atoms with van der Waals surface area (Å²) in [6, 6.07) is 21.6. The number of allylic oxidation sites excluding steroid dienone is 1. The van der Waals surface area contributed by atoms with E-state index in [4.69, 9.17) is 4.74 Å². The van der Waals surface area contributed by atoms with E-state index < -0.39 is 12.0 Å². The maximum absolute atomic E-state index is 13.4. The van der Waals surface area contributed by atoms with E-state index in [0.29, 0.717) is 17.7 Å². The van der Waals surface area contributed by atoms with E-state index in [1.807, 2.05) is 82.6 Å². The second-order valence-corrected chi connectivity index (χ2v) is 10.5. The van der Waals surface area contributed by atoms with Crippen LogP contribution in [0.15, 0.2) is 105 Å². The maximum atomic E-state index is 13.4. The topological polar surface area (TPSA) is 71.0 Å². The molecular formula is C29H27N3O3S2. The van der Waals surface area contributed by atoms with Crippen molar-refractivity contribution in [2.24, 2.45) is 4.99 Å². The minimum Gasteiger partial charge on any atom is -0.466 e. The van der Waals surface area contributed by atoms with Crippen LogP contribution in [0.25, 0.3) is 0 Å². The molecule has 37 heavy (non-hydrogen) atoms. The van der Waals surface area contributed by atoms with Gasteiger partial charge in [0.2, 0.25) is 5.91 Å². The van der Waals surface area contributed by atoms with E-state index in [9.17, 15) is 9.59 Å². The van der Waals surface area contributed by atoms with Gasteiger partial charge in [-0.25, -0.2) is 9.79 Å². The fraction of sp³-hybridized carbons (Fsp3) is 0.207. The maximum Gasteiger partial charge on any atom is 0.338 e. The zero-order valence-corrected chi connectivity index (χ0v) is 22.2. The normalized spacial score (nSPS) is 17.6. The SMILES string of the molecule is COC(=O)C1=C(C)N=C2SC=C(CC(=O)NC(Cc3ccccc3)c3ccccc3)N2C1c1ccsc1. The Kier molecular flexibility index (Phi) is 7.58. The number of nitrogens with one attached hydrogen (secondary N) is 1. The van der Waals surface area contributed by atoms with Crippen molar-refractivity contribution in [2.45, 2.75) is 31.8 Å². The number of amides is 1. The van der Waals surface area contributed by atoms with Gasteiger partial charge in [-0.3, -0.25) is 4.79 Å². The predicted octanol–water partition coefficient (Wildman–Crippen LogP) is 5.99. The molecule has 0 spiro atoms. The van der Waals surface area contributed by atoms with E-state index in [-0.39, 0.29) is 18.4 Å². The Morgan fingerprint density at radius 3 is 2.49 bits per heavy atom. The van der Waals surface area contributed by atoms with Gasteiger partial charge in [0, 0.05) is 5.70 Å². The molecule has 188 valence electrons. The Morgan fingerprint density at radius 2 is 1.81 bits per heavy atom. The lowest BCUT2D eigenvalue weighted by atomic mass is 9.95. The number of carbonyl (C=O) groups is 2. The first-order valence-electron chi connectivity index (χ1n) is 12.0. The number of amidine groups is 1. The number of hydrogen-bond acceptors (Lipinski definition) is 7. The van der Waals surface area contributed by atoms with Gasteiger partial charge < -0.3 is 15.0 Å². The Labute approximate surface area is 224 Å². The van der Waals surface area contributed by atoms with Crippen molar-refractivity contribution >= 4 is 40.1 Å². The molecule has 1 N–H and O–H groups in total. The number of fused-ring (bicyclic) bond motifs is 1. The van der Waals surface area contributed by atoms with Crippen LogP contribution in [0.3, 0.4) is 0 Å². The molecule has 0 saturated heterocycles. The first kappa shape index (κ1) is 25.0. The van der Waals surface area contributed by atoms with Crippen molar-refractivity contribution in [3.63, 3.8) is 0 Å². The number of rotatable bonds is 8. The Morgan fingerprint density at radius 1 is 1.08 bits per heavy atom. The summed E-state index contributed by atoms with van der Waals surface area (Å²) in [7, 11) is 1.38. The highest BCUT2D eigenvalue weighted by Gasteiger charge is 2.41. The van der Waals surface area contributed by atoms with Gasteiger partial charge in [-0.15, -0.1) is 0 Å². The summed E-state index contributed by atoms with van der Waals surface area (Å²) in [6.07, 6.45) is 0.852. The van der Waals surface area contributed by atoms with Crippen LogP contribution in [0, 0.1) is 0 Å². The summed E-state index contributed by atoms with van der Waals surface area (Å²) in [6.45, 7) is 1.83. The number of aliphatic imine (C=N–C) groups is 1. The zero-order valence-electron chi connectivity index (χ0n) is 20.6. The Hall–Kier alpha value is -3.62. The number of hydrogen-bond donors (Lipinski definition) is 1. The second kappa shape index (κ2) is 11.2. The van der Waals surface area contributed by atoms with Crippen LogP contribution < -0.4 is 5.32 Å². The summed E-state index contributed by atoms with van der Waals surface area (Å²) >= 11 is 3.04. The van der Waals surface area contributed by atoms with Crippen molar-refractivity contribution in [2.75, 3.05) is 7.11 Å². The van der Waals surface area contributed by atoms with Crippen molar-refractivity contribution in [3.8, 4) is 0 Å². The molecule has 2 aromatic carbocycles. The fourth-order valence-electron chi connectivity index (χ4n) is 4.68. The van der Waals surface area contributed by atoms with Crippen LogP contribution in [-0.2, 0) is 20.7 Å². The first-order chi connectivity index (χ1) is 18.0. The molecule has 8 heteroatoms. The molecule has 2 aliphatic rings. The Bertz CT molecular complexity index is 1370. The number of ether oxygens (including phenoxy) is 1. The molecule has 0 fully saturated rings. The summed E-state index contributed by atoms with van der Waals surface area (Å²) in [5.41, 5.74) is 5.10. The quantitative estimate of drug-likeness (QED) is 0.363. The monoisotopic (exact) mass is 529 g/mol. The van der Waals surface area contributed by atoms with E-state index in [0.717, 1.165) is 27.6 Å². The molecule has 3 heterocycles. The van der Waals surface area contributed by atoms with Gasteiger partial charge in [0.15, 0.2) is 5.17 Å². The van der Waals surface area contributed by atoms with E-state index in [2.05, 4.69) is 22.4 Å². The van der Waals surface area contributed by atoms with Gasteiger partial charge in [-0.1, -0.05) is 72.4 Å². The second-order valence-electron chi connectivity index (χ2n) is 8.84. The van der Waals surface area contributed by atoms with Gasteiger partial charge >= 0.3 is 5.97 Å². The van der Waals surface area contributed by atoms with Crippen LogP contribution >= 0.6 is 23.1 Å². The van der Waals surface area contributed by atoms with Crippen LogP contribution in [0.5, 0.6) is 0 Å². The average molecular weight is 530 g/mol. The van der Waals surface area contributed by atoms with E-state index in [1.165, 1.54) is 18.9 Å². The third kappa shape index (κ3) is 5.40. The molecule has 0 bridgehead atoms. The standard InChI is InChI=1S/C29H27N3O3S2/c1-19-26(28(34)35-2)27(22-13-14-36-17-22)32-23(18-37-29(32)30-19)16-25(33)31-24(21-11-7-4-8-12-21)15-20-9-5-3-6-10-20/h3-14,17-18,24,27H,15-16H2,1-2H3,(H,31,33). The lowest BCUT2D eigenvalue weighted by Crippen LogP contribution is -2.38. The lowest BCUT2D eigenvalue weighted by Gasteiger charge is -2.35. The smallest absolute Gasteiger partial charge is 0.338 e. The van der Waals surface area contributed by atoms with Crippen molar-refractivity contribution in [1.29, 1.82) is 0 Å². The molecule has 2 unspecified atom stereocenters. The highest BCUT2D eigenvalue weighted by molar-refractivity contribution is 8.16. The summed E-state index contributed by atoms with van der Waals surface area (Å²) in [5.74, 6) is -0.503. The molecule has 3 aromatic rings. The average Bonchev–Trinajstić information content (AvgIpc) is 3.59. The van der Waals surface area contributed by atoms with E-state index >= 15 is 0 Å². The molecule has 1 aromatic heterocycles. The number of benzene rings is 2. The van der Waals surface area contributed by atoms with E-state index in [1.54, 1.807) is 11.3 Å². The summed E-state index contributed by atoms with van der Waals surface area (Å²) < 4.78 is 5.12. The van der Waals surface area contributed by atoms with Crippen molar-refractivity contribution < 1.29 is 14.3 Å². The van der Waals surface area contributed by atoms with Gasteiger partial charge in [0.1, 0.15) is 0 Å². The minimum absolute atomic E-state index is 0.0900. The number of methoxy groups -OCH3 is 1.